The highest BCUT2D eigenvalue weighted by molar-refractivity contribution is 5.94. The average molecular weight is 367 g/mol. The zero-order valence-electron chi connectivity index (χ0n) is 16.2. The SMILES string of the molecule is CNCCCNc1ccc(C(=O)N2CCC[C@H](c3ccccc3)CC2)cn1. The lowest BCUT2D eigenvalue weighted by atomic mass is 9.92. The number of rotatable bonds is 7. The predicted octanol–water partition coefficient (Wildman–Crippen LogP) is 3.51. The maximum Gasteiger partial charge on any atom is 0.255 e. The minimum Gasteiger partial charge on any atom is -0.370 e. The van der Waals surface area contributed by atoms with Gasteiger partial charge in [-0.25, -0.2) is 4.98 Å². The molecule has 5 heteroatoms. The van der Waals surface area contributed by atoms with E-state index in [1.54, 1.807) is 6.20 Å². The molecule has 1 aromatic heterocycles. The van der Waals surface area contributed by atoms with Crippen LogP contribution in [-0.4, -0.2) is 49.0 Å². The average Bonchev–Trinajstić information content (AvgIpc) is 2.98. The van der Waals surface area contributed by atoms with Crippen LogP contribution in [-0.2, 0) is 0 Å². The zero-order chi connectivity index (χ0) is 18.9. The van der Waals surface area contributed by atoms with Crippen molar-refractivity contribution in [3.8, 4) is 0 Å². The Bertz CT molecular complexity index is 702. The van der Waals surface area contributed by atoms with Gasteiger partial charge in [0, 0.05) is 25.8 Å². The third-order valence-electron chi connectivity index (χ3n) is 5.21. The summed E-state index contributed by atoms with van der Waals surface area (Å²) in [5.74, 6) is 1.46. The van der Waals surface area contributed by atoms with E-state index in [0.29, 0.717) is 11.5 Å². The minimum atomic E-state index is 0.0953. The largest absolute Gasteiger partial charge is 0.370 e. The number of pyridine rings is 1. The summed E-state index contributed by atoms with van der Waals surface area (Å²) in [7, 11) is 1.95. The van der Waals surface area contributed by atoms with Crippen LogP contribution in [0.5, 0.6) is 0 Å². The smallest absolute Gasteiger partial charge is 0.255 e. The van der Waals surface area contributed by atoms with Crippen LogP contribution in [0.2, 0.25) is 0 Å². The first-order chi connectivity index (χ1) is 13.3. The van der Waals surface area contributed by atoms with Gasteiger partial charge < -0.3 is 15.5 Å². The molecule has 0 spiro atoms. The fraction of sp³-hybridized carbons (Fsp3) is 0.455. The Kier molecular flexibility index (Phi) is 7.22. The molecule has 0 aliphatic carbocycles. The van der Waals surface area contributed by atoms with E-state index in [-0.39, 0.29) is 5.91 Å². The van der Waals surface area contributed by atoms with E-state index in [9.17, 15) is 4.79 Å². The Labute approximate surface area is 162 Å². The molecule has 1 atom stereocenters. The van der Waals surface area contributed by atoms with Crippen molar-refractivity contribution in [1.29, 1.82) is 0 Å². The van der Waals surface area contributed by atoms with Crippen molar-refractivity contribution in [2.75, 3.05) is 38.5 Å². The molecule has 0 unspecified atom stereocenters. The van der Waals surface area contributed by atoms with Crippen LogP contribution < -0.4 is 10.6 Å². The maximum absolute atomic E-state index is 12.9. The van der Waals surface area contributed by atoms with Gasteiger partial charge in [0.25, 0.3) is 5.91 Å². The van der Waals surface area contributed by atoms with Gasteiger partial charge in [-0.05, 0) is 62.9 Å². The van der Waals surface area contributed by atoms with Gasteiger partial charge in [-0.15, -0.1) is 0 Å². The van der Waals surface area contributed by atoms with Crippen molar-refractivity contribution >= 4 is 11.7 Å². The molecule has 1 aliphatic heterocycles. The van der Waals surface area contributed by atoms with Crippen LogP contribution in [0.15, 0.2) is 48.7 Å². The fourth-order valence-corrected chi connectivity index (χ4v) is 3.65. The van der Waals surface area contributed by atoms with E-state index in [1.807, 2.05) is 24.1 Å². The summed E-state index contributed by atoms with van der Waals surface area (Å²) in [5.41, 5.74) is 2.07. The lowest BCUT2D eigenvalue weighted by molar-refractivity contribution is 0.0760. The Morgan fingerprint density at radius 1 is 1.11 bits per heavy atom. The summed E-state index contributed by atoms with van der Waals surface area (Å²) in [6.07, 6.45) is 5.94. The second kappa shape index (κ2) is 10.1. The molecule has 27 heavy (non-hydrogen) atoms. The van der Waals surface area contributed by atoms with Gasteiger partial charge in [0.2, 0.25) is 0 Å². The third-order valence-corrected chi connectivity index (χ3v) is 5.21. The van der Waals surface area contributed by atoms with Gasteiger partial charge in [-0.2, -0.15) is 0 Å². The molecule has 144 valence electrons. The number of carbonyl (C=O) groups is 1. The lowest BCUT2D eigenvalue weighted by Gasteiger charge is -2.21. The van der Waals surface area contributed by atoms with E-state index in [0.717, 1.165) is 57.7 Å². The molecule has 2 heterocycles. The summed E-state index contributed by atoms with van der Waals surface area (Å²) in [5, 5.41) is 6.41. The van der Waals surface area contributed by atoms with Crippen molar-refractivity contribution in [2.24, 2.45) is 0 Å². The molecule has 3 rings (SSSR count). The molecule has 2 aromatic rings. The molecular formula is C22H30N4O. The Balaban J connectivity index is 1.54. The van der Waals surface area contributed by atoms with Crippen molar-refractivity contribution < 1.29 is 4.79 Å². The van der Waals surface area contributed by atoms with Crippen molar-refractivity contribution in [3.05, 3.63) is 59.8 Å². The number of amides is 1. The van der Waals surface area contributed by atoms with Gasteiger partial charge in [-0.1, -0.05) is 30.3 Å². The topological polar surface area (TPSA) is 57.3 Å². The van der Waals surface area contributed by atoms with Gasteiger partial charge in [-0.3, -0.25) is 4.79 Å². The summed E-state index contributed by atoms with van der Waals surface area (Å²) >= 11 is 0. The maximum atomic E-state index is 12.9. The van der Waals surface area contributed by atoms with Crippen LogP contribution in [0.3, 0.4) is 0 Å². The Morgan fingerprint density at radius 2 is 1.96 bits per heavy atom. The second-order valence-electron chi connectivity index (χ2n) is 7.15. The number of nitrogens with one attached hydrogen (secondary N) is 2. The first kappa shape index (κ1) is 19.4. The number of anilines is 1. The number of aromatic nitrogens is 1. The third kappa shape index (κ3) is 5.54. The van der Waals surface area contributed by atoms with Crippen molar-refractivity contribution in [2.45, 2.75) is 31.6 Å². The number of carbonyl (C=O) groups excluding carboxylic acids is 1. The minimum absolute atomic E-state index is 0.0953. The molecule has 1 saturated heterocycles. The van der Waals surface area contributed by atoms with Gasteiger partial charge in [0.15, 0.2) is 0 Å². The van der Waals surface area contributed by atoms with Crippen LogP contribution in [0.1, 0.15) is 47.5 Å². The molecular weight excluding hydrogens is 336 g/mol. The fourth-order valence-electron chi connectivity index (χ4n) is 3.65. The number of nitrogens with zero attached hydrogens (tertiary/aromatic N) is 2. The first-order valence-corrected chi connectivity index (χ1v) is 9.96. The molecule has 1 aromatic carbocycles. The Hall–Kier alpha value is -2.40. The lowest BCUT2D eigenvalue weighted by Crippen LogP contribution is -2.32. The van der Waals surface area contributed by atoms with E-state index in [1.165, 1.54) is 5.56 Å². The number of likely N-dealkylation sites (tertiary alicyclic amines) is 1. The van der Waals surface area contributed by atoms with E-state index in [4.69, 9.17) is 0 Å². The highest BCUT2D eigenvalue weighted by Crippen LogP contribution is 2.28. The normalized spacial score (nSPS) is 17.4. The highest BCUT2D eigenvalue weighted by Gasteiger charge is 2.22. The first-order valence-electron chi connectivity index (χ1n) is 9.96. The number of hydrogen-bond acceptors (Lipinski definition) is 4. The molecule has 0 bridgehead atoms. The molecule has 1 aliphatic rings. The summed E-state index contributed by atoms with van der Waals surface area (Å²) in [6, 6.07) is 14.4. The standard InChI is InChI=1S/C22H30N4O/c1-23-13-6-14-24-21-11-10-20(17-25-21)22(27)26-15-5-9-19(12-16-26)18-7-3-2-4-8-18/h2-4,7-8,10-11,17,19,23H,5-6,9,12-16H2,1H3,(H,24,25)/t19-/m0/s1. The summed E-state index contributed by atoms with van der Waals surface area (Å²) in [6.45, 7) is 3.48. The molecule has 2 N–H and O–H groups in total. The van der Waals surface area contributed by atoms with E-state index >= 15 is 0 Å². The van der Waals surface area contributed by atoms with Crippen LogP contribution >= 0.6 is 0 Å². The zero-order valence-corrected chi connectivity index (χ0v) is 16.2. The molecule has 1 amide bonds. The highest BCUT2D eigenvalue weighted by atomic mass is 16.2. The van der Waals surface area contributed by atoms with Crippen LogP contribution in [0.4, 0.5) is 5.82 Å². The van der Waals surface area contributed by atoms with E-state index < -0.39 is 0 Å². The van der Waals surface area contributed by atoms with Gasteiger partial charge in [0.1, 0.15) is 5.82 Å². The van der Waals surface area contributed by atoms with Crippen molar-refractivity contribution in [3.63, 3.8) is 0 Å². The predicted molar refractivity (Wildman–Crippen MR) is 110 cm³/mol. The van der Waals surface area contributed by atoms with Gasteiger partial charge in [0.05, 0.1) is 5.56 Å². The monoisotopic (exact) mass is 366 g/mol. The summed E-state index contributed by atoms with van der Waals surface area (Å²) < 4.78 is 0. The van der Waals surface area contributed by atoms with Crippen LogP contribution in [0.25, 0.3) is 0 Å². The van der Waals surface area contributed by atoms with Crippen LogP contribution in [0, 0.1) is 0 Å². The quantitative estimate of drug-likeness (QED) is 0.736. The summed E-state index contributed by atoms with van der Waals surface area (Å²) in [4.78, 5) is 19.2. The molecule has 0 saturated carbocycles. The second-order valence-corrected chi connectivity index (χ2v) is 7.15. The molecule has 1 fully saturated rings. The number of hydrogen-bond donors (Lipinski definition) is 2. The van der Waals surface area contributed by atoms with E-state index in [2.05, 4.69) is 45.9 Å². The number of benzene rings is 1. The molecule has 0 radical (unpaired) electrons. The van der Waals surface area contributed by atoms with Crippen molar-refractivity contribution in [1.82, 2.24) is 15.2 Å². The Morgan fingerprint density at radius 3 is 2.70 bits per heavy atom. The molecule has 5 nitrogen and oxygen atoms in total. The van der Waals surface area contributed by atoms with Gasteiger partial charge >= 0.3 is 0 Å².